The molecule has 2 aromatic heterocycles. The lowest BCUT2D eigenvalue weighted by molar-refractivity contribution is -0.131. The first-order chi connectivity index (χ1) is 15.7. The first-order valence-corrected chi connectivity index (χ1v) is 11.8. The highest BCUT2D eigenvalue weighted by atomic mass is 16.5. The Balaban J connectivity index is 1.59. The third-order valence-electron chi connectivity index (χ3n) is 8.09. The Morgan fingerprint density at radius 1 is 0.882 bits per heavy atom. The number of pyridine rings is 2. The number of nitrogens with zero attached hydrogens (tertiary/aromatic N) is 3. The Bertz CT molecular complexity index is 1210. The van der Waals surface area contributed by atoms with Gasteiger partial charge in [0.25, 0.3) is 0 Å². The number of anilines is 1. The van der Waals surface area contributed by atoms with Crippen LogP contribution in [0, 0.1) is 0 Å². The van der Waals surface area contributed by atoms with Crippen LogP contribution < -0.4 is 5.32 Å². The summed E-state index contributed by atoms with van der Waals surface area (Å²) in [6.45, 7) is 0.242. The molecule has 0 saturated carbocycles. The normalized spacial score (nSPS) is 20.5. The lowest BCUT2D eigenvalue weighted by Crippen LogP contribution is -2.86. The van der Waals surface area contributed by atoms with E-state index in [4.69, 9.17) is 4.74 Å². The van der Waals surface area contributed by atoms with Crippen molar-refractivity contribution in [2.45, 2.75) is 21.5 Å². The zero-order chi connectivity index (χ0) is 24.9. The number of amides is 1. The standard InChI is InChI=1S/C20H28B8N4O2/c21-17(22)19(25,26)34-20(27,28)18(23,24)32(17)10-16(33)31-15-7-14-6-11(3-4-13(14)9-30-15)12-2-1-5-29-8-12/h1-9H,10,21-28H2,(H,30,31,33). The van der Waals surface area contributed by atoms with Gasteiger partial charge in [0.05, 0.1) is 6.54 Å². The smallest absolute Gasteiger partial charge is 0.239 e. The first kappa shape index (κ1) is 24.8. The van der Waals surface area contributed by atoms with Crippen LogP contribution in [0.25, 0.3) is 21.9 Å². The zero-order valence-corrected chi connectivity index (χ0v) is 21.6. The summed E-state index contributed by atoms with van der Waals surface area (Å²) in [5.74, 6) is 0.452. The Morgan fingerprint density at radius 3 is 2.18 bits per heavy atom. The molecule has 1 fully saturated rings. The summed E-state index contributed by atoms with van der Waals surface area (Å²) < 4.78 is 6.53. The second-order valence-electron chi connectivity index (χ2n) is 11.2. The van der Waals surface area contributed by atoms with Crippen molar-refractivity contribution in [1.29, 1.82) is 0 Å². The highest BCUT2D eigenvalue weighted by Crippen LogP contribution is 2.39. The minimum absolute atomic E-state index is 0.0927. The van der Waals surface area contributed by atoms with E-state index < -0.39 is 10.8 Å². The van der Waals surface area contributed by atoms with E-state index in [2.05, 4.69) is 95.1 Å². The van der Waals surface area contributed by atoms with Crippen LogP contribution in [0.15, 0.2) is 55.0 Å². The van der Waals surface area contributed by atoms with E-state index in [-0.39, 0.29) is 23.1 Å². The van der Waals surface area contributed by atoms with Crippen molar-refractivity contribution in [3.8, 4) is 11.1 Å². The van der Waals surface area contributed by atoms with Gasteiger partial charge in [0.15, 0.2) is 0 Å². The zero-order valence-electron chi connectivity index (χ0n) is 21.6. The van der Waals surface area contributed by atoms with Gasteiger partial charge in [-0.3, -0.25) is 9.78 Å². The summed E-state index contributed by atoms with van der Waals surface area (Å²) in [4.78, 5) is 24.2. The number of carbonyl (C=O) groups is 1. The Morgan fingerprint density at radius 2 is 1.56 bits per heavy atom. The van der Waals surface area contributed by atoms with Gasteiger partial charge in [0, 0.05) is 40.3 Å². The molecule has 1 N–H and O–H groups in total. The molecule has 164 valence electrons. The number of nitrogens with one attached hydrogen (secondary N) is 1. The lowest BCUT2D eigenvalue weighted by atomic mass is 9.30. The number of rotatable bonds is 4. The summed E-state index contributed by atoms with van der Waals surface area (Å²) in [5, 5.41) is 3.47. The van der Waals surface area contributed by atoms with Gasteiger partial charge in [0.2, 0.25) is 5.91 Å². The molecule has 1 amide bonds. The average Bonchev–Trinajstić information content (AvgIpc) is 2.75. The molecule has 1 saturated heterocycles. The minimum atomic E-state index is -0.434. The second kappa shape index (κ2) is 8.42. The summed E-state index contributed by atoms with van der Waals surface area (Å²) in [6.07, 6.45) is 5.41. The summed E-state index contributed by atoms with van der Waals surface area (Å²) in [6, 6.07) is 12.1. The monoisotopic (exact) mass is 444 g/mol. The number of fused-ring (bicyclic) bond motifs is 1. The first-order valence-electron chi connectivity index (χ1n) is 11.8. The molecule has 0 atom stereocenters. The van der Waals surface area contributed by atoms with Crippen molar-refractivity contribution in [2.75, 3.05) is 11.9 Å². The molecule has 14 heteroatoms. The fraction of sp³-hybridized carbons (Fsp3) is 0.250. The number of aromatic nitrogens is 2. The van der Waals surface area contributed by atoms with E-state index in [0.717, 1.165) is 21.9 Å². The van der Waals surface area contributed by atoms with Gasteiger partial charge >= 0.3 is 0 Å². The molecule has 0 spiro atoms. The SMILES string of the molecule is BC1(B)OC(B)(B)C(B)(B)N(CC(=O)Nc2cc3cc(-c4cccnc4)ccc3cn2)C1(B)B. The molecule has 3 heterocycles. The molecule has 0 unspecified atom stereocenters. The van der Waals surface area contributed by atoms with Gasteiger partial charge in [0.1, 0.15) is 68.6 Å². The second-order valence-corrected chi connectivity index (χ2v) is 11.2. The Labute approximate surface area is 209 Å². The maximum Gasteiger partial charge on any atom is 0.239 e. The van der Waals surface area contributed by atoms with Crippen LogP contribution in [-0.4, -0.2) is 112 Å². The maximum absolute atomic E-state index is 13.3. The predicted octanol–water partition coefficient (Wildman–Crippen LogP) is -5.75. The van der Waals surface area contributed by atoms with Crippen LogP contribution in [0.5, 0.6) is 0 Å². The van der Waals surface area contributed by atoms with Crippen LogP contribution in [0.4, 0.5) is 5.82 Å². The average molecular weight is 443 g/mol. The van der Waals surface area contributed by atoms with Crippen molar-refractivity contribution >= 4 is 85.3 Å². The predicted molar refractivity (Wildman–Crippen MR) is 161 cm³/mol. The number of morpholine rings is 1. The van der Waals surface area contributed by atoms with Crippen molar-refractivity contribution in [1.82, 2.24) is 14.9 Å². The van der Waals surface area contributed by atoms with E-state index in [9.17, 15) is 4.79 Å². The quantitative estimate of drug-likeness (QED) is 0.408. The molecule has 4 rings (SSSR count). The van der Waals surface area contributed by atoms with Gasteiger partial charge in [-0.15, -0.1) is 0 Å². The molecule has 0 aliphatic carbocycles. The van der Waals surface area contributed by atoms with E-state index in [1.54, 1.807) is 12.4 Å². The van der Waals surface area contributed by atoms with Crippen LogP contribution in [0.3, 0.4) is 0 Å². The molecule has 0 radical (unpaired) electrons. The topological polar surface area (TPSA) is 67.3 Å². The Kier molecular flexibility index (Phi) is 6.14. The summed E-state index contributed by atoms with van der Waals surface area (Å²) in [5.41, 5.74) is 2.12. The maximum atomic E-state index is 13.3. The highest BCUT2D eigenvalue weighted by molar-refractivity contribution is 6.59. The van der Waals surface area contributed by atoms with Crippen molar-refractivity contribution < 1.29 is 9.53 Å². The summed E-state index contributed by atoms with van der Waals surface area (Å²) in [7, 11) is 17.0. The number of benzene rings is 1. The molecule has 3 aromatic rings. The Hall–Kier alpha value is -2.31. The number of hydrogen-bond donors (Lipinski definition) is 1. The van der Waals surface area contributed by atoms with E-state index >= 15 is 0 Å². The lowest BCUT2D eigenvalue weighted by Gasteiger charge is -2.68. The number of hydrogen-bond acceptors (Lipinski definition) is 5. The van der Waals surface area contributed by atoms with E-state index in [1.165, 1.54) is 0 Å². The third kappa shape index (κ3) is 4.27. The molecule has 1 aliphatic heterocycles. The van der Waals surface area contributed by atoms with Gasteiger partial charge < -0.3 is 15.0 Å². The fourth-order valence-corrected chi connectivity index (χ4v) is 4.88. The largest absolute Gasteiger partial charge is 0.403 e. The van der Waals surface area contributed by atoms with Crippen molar-refractivity contribution in [3.63, 3.8) is 0 Å². The van der Waals surface area contributed by atoms with Crippen LogP contribution in [0.1, 0.15) is 0 Å². The minimum Gasteiger partial charge on any atom is -0.403 e. The molecule has 1 aliphatic rings. The van der Waals surface area contributed by atoms with E-state index in [1.807, 2.05) is 30.5 Å². The molecule has 34 heavy (non-hydrogen) atoms. The number of carbonyl (C=O) groups excluding carboxylic acids is 1. The van der Waals surface area contributed by atoms with Gasteiger partial charge in [-0.05, 0) is 39.8 Å². The van der Waals surface area contributed by atoms with Crippen molar-refractivity contribution in [2.24, 2.45) is 0 Å². The number of ether oxygens (including phenoxy) is 1. The van der Waals surface area contributed by atoms with Gasteiger partial charge in [-0.25, -0.2) is 4.98 Å². The van der Waals surface area contributed by atoms with Crippen LogP contribution >= 0.6 is 0 Å². The molecule has 0 bridgehead atoms. The third-order valence-corrected chi connectivity index (χ3v) is 8.09. The highest BCUT2D eigenvalue weighted by Gasteiger charge is 2.58. The van der Waals surface area contributed by atoms with Crippen molar-refractivity contribution in [3.05, 3.63) is 55.0 Å². The summed E-state index contributed by atoms with van der Waals surface area (Å²) >= 11 is 0. The fourth-order valence-electron chi connectivity index (χ4n) is 4.88. The molecular weight excluding hydrogens is 415 g/mol. The molecular formula is C20H28B8N4O2. The van der Waals surface area contributed by atoms with Gasteiger partial charge in [-0.2, -0.15) is 0 Å². The molecule has 6 nitrogen and oxygen atoms in total. The van der Waals surface area contributed by atoms with Crippen LogP contribution in [0.2, 0.25) is 0 Å². The van der Waals surface area contributed by atoms with E-state index in [0.29, 0.717) is 5.82 Å². The van der Waals surface area contributed by atoms with Gasteiger partial charge in [-0.1, -0.05) is 18.2 Å². The van der Waals surface area contributed by atoms with Crippen LogP contribution in [-0.2, 0) is 9.53 Å². The molecule has 1 aromatic carbocycles.